The predicted octanol–water partition coefficient (Wildman–Crippen LogP) is 4.19. The van der Waals surface area contributed by atoms with Gasteiger partial charge < -0.3 is 25.6 Å². The number of ether oxygens (including phenoxy) is 2. The van der Waals surface area contributed by atoms with Crippen molar-refractivity contribution in [1.29, 1.82) is 0 Å². The third kappa shape index (κ3) is 4.69. The van der Waals surface area contributed by atoms with Crippen molar-refractivity contribution in [2.75, 3.05) is 20.3 Å². The molecule has 12 heteroatoms. The maximum absolute atomic E-state index is 14.0. The van der Waals surface area contributed by atoms with E-state index in [2.05, 4.69) is 15.3 Å². The molecule has 0 bridgehead atoms. The largest absolute Gasteiger partial charge is 0.494 e. The summed E-state index contributed by atoms with van der Waals surface area (Å²) < 4.78 is 66.4. The van der Waals surface area contributed by atoms with Gasteiger partial charge in [-0.05, 0) is 55.5 Å². The van der Waals surface area contributed by atoms with Crippen LogP contribution in [-0.2, 0) is 11.1 Å². The second kappa shape index (κ2) is 9.72. The molecule has 0 saturated carbocycles. The summed E-state index contributed by atoms with van der Waals surface area (Å²) in [6.07, 6.45) is -3.30. The van der Waals surface area contributed by atoms with Crippen molar-refractivity contribution >= 4 is 16.8 Å². The van der Waals surface area contributed by atoms with Gasteiger partial charge in [0.2, 0.25) is 0 Å². The number of pyridine rings is 2. The Bertz CT molecular complexity index is 1610. The molecule has 8 nitrogen and oxygen atoms in total. The highest BCUT2D eigenvalue weighted by Crippen LogP contribution is 2.49. The van der Waals surface area contributed by atoms with Crippen molar-refractivity contribution in [2.24, 2.45) is 5.73 Å². The number of carbonyl (C=O) groups excluding carboxylic acids is 1. The van der Waals surface area contributed by atoms with E-state index >= 15 is 0 Å². The SMILES string of the molecule is COc1cc(C(=O)NC[C@](C)(O)c2cc3c(c(-c4ccc(F)cc4)n2)OC[C@@]3(N)C(F)(F)F)cc2cccnc12. The molecule has 4 aromatic rings. The number of rotatable bonds is 6. The second-order valence-electron chi connectivity index (χ2n) is 9.71. The number of halogens is 4. The highest BCUT2D eigenvalue weighted by Gasteiger charge is 2.59. The fourth-order valence-electron chi connectivity index (χ4n) is 4.48. The van der Waals surface area contributed by atoms with Crippen molar-refractivity contribution in [3.63, 3.8) is 0 Å². The number of fused-ring (bicyclic) bond motifs is 2. The Balaban J connectivity index is 1.51. The van der Waals surface area contributed by atoms with E-state index < -0.39 is 47.8 Å². The first-order chi connectivity index (χ1) is 18.8. The first-order valence-electron chi connectivity index (χ1n) is 12.1. The Morgan fingerprint density at radius 2 is 1.93 bits per heavy atom. The minimum atomic E-state index is -4.89. The van der Waals surface area contributed by atoms with Crippen LogP contribution in [0.1, 0.15) is 28.5 Å². The number of carbonyl (C=O) groups is 1. The van der Waals surface area contributed by atoms with Crippen LogP contribution in [0.4, 0.5) is 17.6 Å². The predicted molar refractivity (Wildman–Crippen MR) is 137 cm³/mol. The molecule has 3 heterocycles. The molecule has 0 aliphatic carbocycles. The van der Waals surface area contributed by atoms with Gasteiger partial charge in [-0.3, -0.25) is 9.78 Å². The molecule has 1 aliphatic heterocycles. The molecule has 1 amide bonds. The zero-order valence-corrected chi connectivity index (χ0v) is 21.3. The van der Waals surface area contributed by atoms with Gasteiger partial charge >= 0.3 is 6.18 Å². The number of nitrogens with zero attached hydrogens (tertiary/aromatic N) is 2. The van der Waals surface area contributed by atoms with Crippen LogP contribution < -0.4 is 20.5 Å². The summed E-state index contributed by atoms with van der Waals surface area (Å²) >= 11 is 0. The molecule has 0 saturated heterocycles. The number of nitrogens with two attached hydrogens (primary N) is 1. The van der Waals surface area contributed by atoms with Crippen LogP contribution in [0.25, 0.3) is 22.2 Å². The van der Waals surface area contributed by atoms with E-state index in [1.165, 1.54) is 32.2 Å². The standard InChI is InChI=1S/C28H24F4N4O4/c1-26(38,13-35-25(37)17-10-16-4-3-9-34-22(16)20(11-17)39-2)21-12-19-24(40-14-27(19,33)28(30,31)32)23(36-21)15-5-7-18(29)8-6-15/h3-12,38H,13-14,33H2,1-2H3,(H,35,37)/t26-,27-/m0/s1. The number of aromatic nitrogens is 2. The number of aliphatic hydroxyl groups is 1. The van der Waals surface area contributed by atoms with E-state index in [9.17, 15) is 27.5 Å². The summed E-state index contributed by atoms with van der Waals surface area (Å²) in [5.41, 5.74) is 1.32. The summed E-state index contributed by atoms with van der Waals surface area (Å²) in [7, 11) is 1.44. The second-order valence-corrected chi connectivity index (χ2v) is 9.71. The lowest BCUT2D eigenvalue weighted by molar-refractivity contribution is -0.191. The number of methoxy groups -OCH3 is 1. The summed E-state index contributed by atoms with van der Waals surface area (Å²) in [6.45, 7) is -0.0239. The fraction of sp³-hybridized carbons (Fsp3) is 0.250. The van der Waals surface area contributed by atoms with Crippen LogP contribution >= 0.6 is 0 Å². The van der Waals surface area contributed by atoms with Crippen LogP contribution in [-0.4, -0.2) is 47.4 Å². The van der Waals surface area contributed by atoms with Crippen molar-refractivity contribution < 1.29 is 36.9 Å². The lowest BCUT2D eigenvalue weighted by atomic mass is 9.88. The van der Waals surface area contributed by atoms with Crippen LogP contribution in [0.2, 0.25) is 0 Å². The van der Waals surface area contributed by atoms with Gasteiger partial charge in [0.1, 0.15) is 35.0 Å². The Hall–Kier alpha value is -4.29. The quantitative estimate of drug-likeness (QED) is 0.305. The van der Waals surface area contributed by atoms with Gasteiger partial charge in [-0.1, -0.05) is 6.07 Å². The Labute approximate surface area is 225 Å². The lowest BCUT2D eigenvalue weighted by Gasteiger charge is -2.28. The van der Waals surface area contributed by atoms with Crippen LogP contribution in [0.3, 0.4) is 0 Å². The molecular formula is C28H24F4N4O4. The molecule has 208 valence electrons. The average molecular weight is 557 g/mol. The van der Waals surface area contributed by atoms with Gasteiger partial charge in [-0.2, -0.15) is 13.2 Å². The number of alkyl halides is 3. The number of hydrogen-bond donors (Lipinski definition) is 3. The maximum Gasteiger partial charge on any atom is 0.414 e. The first-order valence-corrected chi connectivity index (χ1v) is 12.1. The zero-order valence-electron chi connectivity index (χ0n) is 21.3. The molecule has 2 aromatic heterocycles. The normalized spacial score (nSPS) is 18.1. The number of benzene rings is 2. The fourth-order valence-corrected chi connectivity index (χ4v) is 4.48. The van der Waals surface area contributed by atoms with Gasteiger partial charge in [0, 0.05) is 28.3 Å². The molecule has 1 aliphatic rings. The molecule has 5 rings (SSSR count). The van der Waals surface area contributed by atoms with Gasteiger partial charge in [0.25, 0.3) is 5.91 Å². The lowest BCUT2D eigenvalue weighted by Crippen LogP contribution is -2.52. The summed E-state index contributed by atoms with van der Waals surface area (Å²) in [4.78, 5) is 21.7. The van der Waals surface area contributed by atoms with Gasteiger partial charge in [-0.15, -0.1) is 0 Å². The Kier molecular flexibility index (Phi) is 6.63. The average Bonchev–Trinajstić information content (AvgIpc) is 3.29. The van der Waals surface area contributed by atoms with E-state index in [0.29, 0.717) is 16.7 Å². The van der Waals surface area contributed by atoms with Crippen LogP contribution in [0, 0.1) is 5.82 Å². The highest BCUT2D eigenvalue weighted by atomic mass is 19.4. The molecule has 0 spiro atoms. The molecule has 0 radical (unpaired) electrons. The van der Waals surface area contributed by atoms with Crippen LogP contribution in [0.15, 0.2) is 60.8 Å². The van der Waals surface area contributed by atoms with E-state index in [1.807, 2.05) is 0 Å². The van der Waals surface area contributed by atoms with E-state index in [-0.39, 0.29) is 28.3 Å². The van der Waals surface area contributed by atoms with Crippen molar-refractivity contribution in [2.45, 2.75) is 24.2 Å². The first kappa shape index (κ1) is 27.3. The summed E-state index contributed by atoms with van der Waals surface area (Å²) in [5.74, 6) is -0.981. The molecule has 4 N–H and O–H groups in total. The van der Waals surface area contributed by atoms with Gasteiger partial charge in [0.15, 0.2) is 11.3 Å². The third-order valence-electron chi connectivity index (χ3n) is 6.82. The minimum absolute atomic E-state index is 0.0533. The Morgan fingerprint density at radius 3 is 2.60 bits per heavy atom. The Morgan fingerprint density at radius 1 is 1.20 bits per heavy atom. The van der Waals surface area contributed by atoms with Crippen molar-refractivity contribution in [3.05, 3.63) is 83.4 Å². The van der Waals surface area contributed by atoms with E-state index in [0.717, 1.165) is 18.2 Å². The number of nitrogens with one attached hydrogen (secondary N) is 1. The summed E-state index contributed by atoms with van der Waals surface area (Å²) in [5, 5.41) is 14.6. The third-order valence-corrected chi connectivity index (χ3v) is 6.82. The molecule has 0 unspecified atom stereocenters. The number of hydrogen-bond acceptors (Lipinski definition) is 7. The smallest absolute Gasteiger partial charge is 0.414 e. The summed E-state index contributed by atoms with van der Waals surface area (Å²) in [6, 6.07) is 12.5. The molecule has 2 aromatic carbocycles. The van der Waals surface area contributed by atoms with Crippen LogP contribution in [0.5, 0.6) is 11.5 Å². The monoisotopic (exact) mass is 556 g/mol. The molecule has 2 atom stereocenters. The van der Waals surface area contributed by atoms with Crippen molar-refractivity contribution in [3.8, 4) is 22.8 Å². The molecular weight excluding hydrogens is 532 g/mol. The van der Waals surface area contributed by atoms with Gasteiger partial charge in [-0.25, -0.2) is 9.37 Å². The molecule has 0 fully saturated rings. The van der Waals surface area contributed by atoms with Crippen molar-refractivity contribution in [1.82, 2.24) is 15.3 Å². The minimum Gasteiger partial charge on any atom is -0.494 e. The topological polar surface area (TPSA) is 120 Å². The molecule has 40 heavy (non-hydrogen) atoms. The zero-order chi connectivity index (χ0) is 28.9. The van der Waals surface area contributed by atoms with Gasteiger partial charge in [0.05, 0.1) is 19.3 Å². The van der Waals surface area contributed by atoms with E-state index in [4.69, 9.17) is 15.2 Å². The maximum atomic E-state index is 14.0. The highest BCUT2D eigenvalue weighted by molar-refractivity contribution is 5.99. The van der Waals surface area contributed by atoms with E-state index in [1.54, 1.807) is 24.4 Å². The number of amides is 1.